The summed E-state index contributed by atoms with van der Waals surface area (Å²) in [5.41, 5.74) is 2.64. The van der Waals surface area contributed by atoms with Crippen LogP contribution in [0.3, 0.4) is 0 Å². The Morgan fingerprint density at radius 1 is 1.07 bits per heavy atom. The minimum atomic E-state index is -0.333. The van der Waals surface area contributed by atoms with E-state index in [9.17, 15) is 9.18 Å². The third-order valence-electron chi connectivity index (χ3n) is 3.86. The van der Waals surface area contributed by atoms with Gasteiger partial charge in [0.05, 0.1) is 5.75 Å². The summed E-state index contributed by atoms with van der Waals surface area (Å²) in [4.78, 5) is 12.1. The van der Waals surface area contributed by atoms with Crippen LogP contribution in [0.1, 0.15) is 26.3 Å². The molecule has 0 aliphatic rings. The Morgan fingerprint density at radius 2 is 1.74 bits per heavy atom. The first kappa shape index (κ1) is 19.1. The van der Waals surface area contributed by atoms with Crippen LogP contribution in [0.15, 0.2) is 58.2 Å². The van der Waals surface area contributed by atoms with Crippen molar-refractivity contribution in [3.8, 4) is 11.5 Å². The number of nitrogens with zero attached hydrogens (tertiary/aromatic N) is 2. The Labute approximate surface area is 161 Å². The maximum absolute atomic E-state index is 13.0. The number of aromatic nitrogens is 2. The Bertz CT molecular complexity index is 916. The number of carbonyl (C=O) groups excluding carboxylic acids is 1. The van der Waals surface area contributed by atoms with E-state index in [4.69, 9.17) is 4.42 Å². The van der Waals surface area contributed by atoms with Crippen LogP contribution in [0.2, 0.25) is 0 Å². The van der Waals surface area contributed by atoms with Crippen LogP contribution in [-0.4, -0.2) is 21.9 Å². The molecular formula is C20H20FN3O2S. The van der Waals surface area contributed by atoms with Crippen LogP contribution in [0, 0.1) is 5.82 Å². The van der Waals surface area contributed by atoms with Gasteiger partial charge in [-0.1, -0.05) is 44.7 Å². The first-order valence-corrected chi connectivity index (χ1v) is 9.42. The summed E-state index contributed by atoms with van der Waals surface area (Å²) in [5.74, 6) is -0.0627. The normalized spacial score (nSPS) is 11.4. The molecule has 0 aliphatic heterocycles. The second-order valence-electron chi connectivity index (χ2n) is 7.04. The Morgan fingerprint density at radius 3 is 2.37 bits per heavy atom. The number of benzene rings is 2. The predicted octanol–water partition coefficient (Wildman–Crippen LogP) is 4.90. The van der Waals surface area contributed by atoms with E-state index in [1.165, 1.54) is 17.7 Å². The molecule has 0 radical (unpaired) electrons. The van der Waals surface area contributed by atoms with Crippen molar-refractivity contribution in [3.05, 3.63) is 59.9 Å². The van der Waals surface area contributed by atoms with Crippen LogP contribution >= 0.6 is 11.8 Å². The number of rotatable bonds is 5. The van der Waals surface area contributed by atoms with E-state index in [2.05, 4.69) is 36.3 Å². The van der Waals surface area contributed by atoms with Crippen molar-refractivity contribution in [3.63, 3.8) is 0 Å². The van der Waals surface area contributed by atoms with E-state index in [1.54, 1.807) is 12.1 Å². The minimum Gasteiger partial charge on any atom is -0.411 e. The van der Waals surface area contributed by atoms with Crippen LogP contribution in [-0.2, 0) is 10.2 Å². The molecule has 0 spiro atoms. The van der Waals surface area contributed by atoms with Crippen molar-refractivity contribution in [2.45, 2.75) is 31.4 Å². The number of hydrogen-bond donors (Lipinski definition) is 1. The fourth-order valence-electron chi connectivity index (χ4n) is 2.36. The van der Waals surface area contributed by atoms with Gasteiger partial charge in [0.25, 0.3) is 5.22 Å². The van der Waals surface area contributed by atoms with Gasteiger partial charge in [-0.2, -0.15) is 0 Å². The number of hydrogen-bond acceptors (Lipinski definition) is 5. The first-order valence-electron chi connectivity index (χ1n) is 8.44. The molecule has 0 atom stereocenters. The van der Waals surface area contributed by atoms with Gasteiger partial charge < -0.3 is 9.73 Å². The smallest absolute Gasteiger partial charge is 0.277 e. The van der Waals surface area contributed by atoms with Gasteiger partial charge in [0.1, 0.15) is 5.82 Å². The summed E-state index contributed by atoms with van der Waals surface area (Å²) in [6, 6.07) is 13.6. The average molecular weight is 385 g/mol. The monoisotopic (exact) mass is 385 g/mol. The topological polar surface area (TPSA) is 68.0 Å². The fourth-order valence-corrected chi connectivity index (χ4v) is 2.92. The lowest BCUT2D eigenvalue weighted by Gasteiger charge is -2.19. The van der Waals surface area contributed by atoms with Gasteiger partial charge in [-0.05, 0) is 47.4 Å². The number of nitrogens with one attached hydrogen (secondary N) is 1. The quantitative estimate of drug-likeness (QED) is 0.633. The standard InChI is InChI=1S/C20H20FN3O2S/c1-20(2,3)14-6-10-16(11-7-14)22-17(25)12-27-19-24-23-18(26-19)13-4-8-15(21)9-5-13/h4-11H,12H2,1-3H3,(H,22,25). The van der Waals surface area contributed by atoms with E-state index in [1.807, 2.05) is 24.3 Å². The zero-order valence-corrected chi connectivity index (χ0v) is 16.1. The molecule has 5 nitrogen and oxygen atoms in total. The highest BCUT2D eigenvalue weighted by Crippen LogP contribution is 2.25. The van der Waals surface area contributed by atoms with Crippen LogP contribution in [0.4, 0.5) is 10.1 Å². The molecule has 0 unspecified atom stereocenters. The summed E-state index contributed by atoms with van der Waals surface area (Å²) in [6.07, 6.45) is 0. The van der Waals surface area contributed by atoms with Crippen LogP contribution in [0.25, 0.3) is 11.5 Å². The zero-order valence-electron chi connectivity index (χ0n) is 15.3. The number of anilines is 1. The minimum absolute atomic E-state index is 0.0680. The van der Waals surface area contributed by atoms with Crippen molar-refractivity contribution < 1.29 is 13.6 Å². The molecule has 140 valence electrons. The van der Waals surface area contributed by atoms with Crippen molar-refractivity contribution in [1.29, 1.82) is 0 Å². The van der Waals surface area contributed by atoms with Crippen LogP contribution < -0.4 is 5.32 Å². The molecule has 7 heteroatoms. The fraction of sp³-hybridized carbons (Fsp3) is 0.250. The Kier molecular flexibility index (Phi) is 5.60. The lowest BCUT2D eigenvalue weighted by Crippen LogP contribution is -2.15. The zero-order chi connectivity index (χ0) is 19.4. The molecule has 0 saturated carbocycles. The van der Waals surface area contributed by atoms with E-state index >= 15 is 0 Å². The summed E-state index contributed by atoms with van der Waals surface area (Å²) in [7, 11) is 0. The molecule has 27 heavy (non-hydrogen) atoms. The first-order chi connectivity index (χ1) is 12.8. The number of thioether (sulfide) groups is 1. The highest BCUT2D eigenvalue weighted by molar-refractivity contribution is 7.99. The highest BCUT2D eigenvalue weighted by atomic mass is 32.2. The molecule has 1 amide bonds. The van der Waals surface area contributed by atoms with Gasteiger partial charge in [0.15, 0.2) is 0 Å². The molecule has 0 aliphatic carbocycles. The number of carbonyl (C=O) groups is 1. The summed E-state index contributed by atoms with van der Waals surface area (Å²) in [6.45, 7) is 6.42. The van der Waals surface area contributed by atoms with Crippen molar-refractivity contribution in [2.24, 2.45) is 0 Å². The van der Waals surface area contributed by atoms with Crippen molar-refractivity contribution in [2.75, 3.05) is 11.1 Å². The third-order valence-corrected chi connectivity index (χ3v) is 4.68. The summed E-state index contributed by atoms with van der Waals surface area (Å²) in [5, 5.41) is 11.0. The maximum Gasteiger partial charge on any atom is 0.277 e. The molecule has 3 aromatic rings. The average Bonchev–Trinajstić information content (AvgIpc) is 3.09. The maximum atomic E-state index is 13.0. The van der Waals surface area contributed by atoms with Gasteiger partial charge in [0.2, 0.25) is 11.8 Å². The largest absolute Gasteiger partial charge is 0.411 e. The molecule has 2 aromatic carbocycles. The molecular weight excluding hydrogens is 365 g/mol. The van der Waals surface area contributed by atoms with E-state index in [0.717, 1.165) is 17.4 Å². The predicted molar refractivity (Wildman–Crippen MR) is 104 cm³/mol. The van der Waals surface area contributed by atoms with Gasteiger partial charge in [-0.25, -0.2) is 4.39 Å². The Hall–Kier alpha value is -2.67. The van der Waals surface area contributed by atoms with Gasteiger partial charge >= 0.3 is 0 Å². The van der Waals surface area contributed by atoms with Gasteiger partial charge in [-0.3, -0.25) is 4.79 Å². The van der Waals surface area contributed by atoms with E-state index in [-0.39, 0.29) is 34.0 Å². The molecule has 1 N–H and O–H groups in total. The molecule has 1 aromatic heterocycles. The lowest BCUT2D eigenvalue weighted by atomic mass is 9.87. The van der Waals surface area contributed by atoms with Crippen LogP contribution in [0.5, 0.6) is 0 Å². The molecule has 0 saturated heterocycles. The lowest BCUT2D eigenvalue weighted by molar-refractivity contribution is -0.113. The molecule has 0 bridgehead atoms. The molecule has 1 heterocycles. The summed E-state index contributed by atoms with van der Waals surface area (Å²) < 4.78 is 18.5. The summed E-state index contributed by atoms with van der Waals surface area (Å²) >= 11 is 1.15. The van der Waals surface area contributed by atoms with E-state index in [0.29, 0.717) is 5.56 Å². The van der Waals surface area contributed by atoms with Gasteiger partial charge in [0, 0.05) is 11.3 Å². The van der Waals surface area contributed by atoms with Gasteiger partial charge in [-0.15, -0.1) is 10.2 Å². The molecule has 3 rings (SSSR count). The van der Waals surface area contributed by atoms with Crippen molar-refractivity contribution >= 4 is 23.4 Å². The second-order valence-corrected chi connectivity index (χ2v) is 7.97. The third kappa shape index (κ3) is 5.17. The highest BCUT2D eigenvalue weighted by Gasteiger charge is 2.14. The number of amides is 1. The SMILES string of the molecule is CC(C)(C)c1ccc(NC(=O)CSc2nnc(-c3ccc(F)cc3)o2)cc1. The number of halogens is 1. The van der Waals surface area contributed by atoms with E-state index < -0.39 is 0 Å². The second kappa shape index (κ2) is 7.92. The molecule has 0 fully saturated rings. The Balaban J connectivity index is 1.54. The van der Waals surface area contributed by atoms with Crippen molar-refractivity contribution in [1.82, 2.24) is 10.2 Å².